The summed E-state index contributed by atoms with van der Waals surface area (Å²) in [4.78, 5) is 48.4. The van der Waals surface area contributed by atoms with Gasteiger partial charge in [0, 0.05) is 0 Å². The van der Waals surface area contributed by atoms with E-state index in [2.05, 4.69) is 4.98 Å². The Hall–Kier alpha value is -3.39. The van der Waals surface area contributed by atoms with Crippen LogP contribution in [-0.2, 0) is 14.4 Å². The fourth-order valence-corrected chi connectivity index (χ4v) is 14.2. The number of quaternary nitrogens is 1. The standard InChI is InChI=1S/C29H24F4IN4O3/c30-17-4-3-5-19(12-17)36(27(40)23-9-11-25(39)37(23)24-10-8-18(31)15-35-24)26-21-6-1-2-7-22(21)34-16-38(34,28(26)41)20-13-29(32,33)14-20/h1-8,10,12,15,20,23,26H,9,11,13-14,16H2/q+1/t23-,26?,38?/m0/s1. The Kier molecular flexibility index (Phi) is 6.02. The van der Waals surface area contributed by atoms with Crippen molar-refractivity contribution < 1.29 is 34.6 Å². The molecule has 1 aliphatic carbocycles. The Labute approximate surface area is 240 Å². The number of rotatable bonds is 5. The van der Waals surface area contributed by atoms with Crippen LogP contribution in [0.15, 0.2) is 66.9 Å². The third-order valence-electron chi connectivity index (χ3n) is 8.31. The van der Waals surface area contributed by atoms with Crippen molar-refractivity contribution in [1.82, 2.24) is 4.98 Å². The van der Waals surface area contributed by atoms with E-state index < -0.39 is 67.6 Å². The van der Waals surface area contributed by atoms with Gasteiger partial charge in [0.2, 0.25) is 0 Å². The Morgan fingerprint density at radius 2 is 1.80 bits per heavy atom. The van der Waals surface area contributed by atoms with Crippen molar-refractivity contribution >= 4 is 49.3 Å². The van der Waals surface area contributed by atoms with Gasteiger partial charge in [0.05, 0.1) is 0 Å². The van der Waals surface area contributed by atoms with Crippen molar-refractivity contribution in [2.75, 3.05) is 14.4 Å². The molecule has 4 aliphatic rings. The van der Waals surface area contributed by atoms with Gasteiger partial charge in [-0.2, -0.15) is 0 Å². The summed E-state index contributed by atoms with van der Waals surface area (Å²) in [5.41, 5.74) is 0.740. The molecule has 0 spiro atoms. The van der Waals surface area contributed by atoms with Crippen molar-refractivity contribution in [2.45, 2.75) is 49.7 Å². The number of hydrogen-bond donors (Lipinski definition) is 0. The number of nitrogens with zero attached hydrogens (tertiary/aromatic N) is 4. The van der Waals surface area contributed by atoms with Crippen LogP contribution in [0.5, 0.6) is 0 Å². The van der Waals surface area contributed by atoms with Crippen LogP contribution in [0.3, 0.4) is 0 Å². The molecular formula is C29H24F4IN4O3+. The Morgan fingerprint density at radius 3 is 2.51 bits per heavy atom. The fourth-order valence-electron chi connectivity index (χ4n) is 6.28. The zero-order chi connectivity index (χ0) is 28.7. The fraction of sp³-hybridized carbons (Fsp3) is 0.310. The number of alkyl halides is 3. The van der Waals surface area contributed by atoms with Crippen LogP contribution in [0.25, 0.3) is 0 Å². The zero-order valence-corrected chi connectivity index (χ0v) is 23.7. The summed E-state index contributed by atoms with van der Waals surface area (Å²) in [6.45, 7) is 0. The van der Waals surface area contributed by atoms with Gasteiger partial charge in [0.1, 0.15) is 0 Å². The van der Waals surface area contributed by atoms with E-state index in [1.165, 1.54) is 34.1 Å². The molecule has 7 rings (SSSR count). The van der Waals surface area contributed by atoms with Crippen LogP contribution in [0, 0.1) is 15.2 Å². The van der Waals surface area contributed by atoms with E-state index in [0.717, 1.165) is 21.9 Å². The summed E-state index contributed by atoms with van der Waals surface area (Å²) in [6.07, 6.45) is 0.322. The molecule has 2 unspecified atom stereocenters. The monoisotopic (exact) mass is 679 g/mol. The first kappa shape index (κ1) is 26.5. The number of halogens is 5. The summed E-state index contributed by atoms with van der Waals surface area (Å²) in [6, 6.07) is 12.3. The van der Waals surface area contributed by atoms with Crippen molar-refractivity contribution in [1.29, 1.82) is 0 Å². The van der Waals surface area contributed by atoms with Crippen molar-refractivity contribution in [3.63, 3.8) is 0 Å². The van der Waals surface area contributed by atoms with Crippen LogP contribution in [-0.4, -0.2) is 48.0 Å². The van der Waals surface area contributed by atoms with E-state index in [9.17, 15) is 31.9 Å². The van der Waals surface area contributed by atoms with Crippen LogP contribution >= 0.6 is 20.1 Å². The number of carbonyl (C=O) groups excluding carboxylic acids is 3. The average Bonchev–Trinajstić information content (AvgIpc) is 3.59. The Bertz CT molecular complexity index is 1600. The summed E-state index contributed by atoms with van der Waals surface area (Å²) in [5, 5.41) is 0. The van der Waals surface area contributed by atoms with Gasteiger partial charge < -0.3 is 0 Å². The van der Waals surface area contributed by atoms with E-state index in [-0.39, 0.29) is 45.8 Å². The van der Waals surface area contributed by atoms with Crippen LogP contribution in [0.1, 0.15) is 37.3 Å². The first-order valence-electron chi connectivity index (χ1n) is 13.2. The van der Waals surface area contributed by atoms with E-state index in [1.807, 2.05) is 12.1 Å². The Morgan fingerprint density at radius 1 is 1.02 bits per heavy atom. The normalized spacial score (nSPS) is 27.2. The molecule has 3 aliphatic heterocycles. The average molecular weight is 679 g/mol. The minimum atomic E-state index is -2.82. The molecule has 3 aromatic rings. The maximum atomic E-state index is 14.6. The van der Waals surface area contributed by atoms with Crippen LogP contribution < -0.4 is 9.80 Å². The van der Waals surface area contributed by atoms with Gasteiger partial charge in [-0.15, -0.1) is 0 Å². The molecule has 41 heavy (non-hydrogen) atoms. The number of aromatic nitrogens is 1. The van der Waals surface area contributed by atoms with Crippen molar-refractivity contribution in [2.24, 2.45) is 0 Å². The van der Waals surface area contributed by atoms with Crippen LogP contribution in [0.2, 0.25) is 0 Å². The van der Waals surface area contributed by atoms with E-state index >= 15 is 0 Å². The number of benzene rings is 2. The number of carbonyl (C=O) groups is 3. The molecule has 212 valence electrons. The number of amides is 3. The van der Waals surface area contributed by atoms with E-state index in [1.54, 1.807) is 12.1 Å². The van der Waals surface area contributed by atoms with Crippen molar-refractivity contribution in [3.8, 4) is 0 Å². The molecule has 3 amide bonds. The predicted octanol–water partition coefficient (Wildman–Crippen LogP) is 5.35. The third kappa shape index (κ3) is 4.09. The van der Waals surface area contributed by atoms with Crippen molar-refractivity contribution in [3.05, 3.63) is 87.6 Å². The van der Waals surface area contributed by atoms with Gasteiger partial charge in [-0.25, -0.2) is 0 Å². The van der Waals surface area contributed by atoms with Gasteiger partial charge in [-0.1, -0.05) is 0 Å². The number of pyridine rings is 1. The molecule has 12 heteroatoms. The molecule has 0 radical (unpaired) electrons. The summed E-state index contributed by atoms with van der Waals surface area (Å²) < 4.78 is 57.7. The SMILES string of the molecule is O=C([C@@H]1CCC(=O)N1c1ccc(F)cn1)N(c1cccc(F)c1)C1C(=O)[N+]2(C3CC(F)(F)C3)CI2c2ccccc21. The topological polar surface area (TPSA) is 70.6 Å². The minimum absolute atomic E-state index is 0.0207. The molecule has 1 aromatic heterocycles. The molecule has 7 nitrogen and oxygen atoms in total. The molecule has 0 N–H and O–H groups in total. The molecular weight excluding hydrogens is 655 g/mol. The first-order valence-corrected chi connectivity index (χ1v) is 16.8. The predicted molar refractivity (Wildman–Crippen MR) is 149 cm³/mol. The molecule has 3 fully saturated rings. The van der Waals surface area contributed by atoms with Gasteiger partial charge >= 0.3 is 241 Å². The van der Waals surface area contributed by atoms with Gasteiger partial charge in [0.25, 0.3) is 0 Å². The summed E-state index contributed by atoms with van der Waals surface area (Å²) in [5.74, 6) is -5.32. The summed E-state index contributed by atoms with van der Waals surface area (Å²) >= 11 is -2.21. The third-order valence-corrected chi connectivity index (χ3v) is 15.2. The number of fused-ring (bicyclic) bond motifs is 3. The number of anilines is 2. The number of hydrogen-bond acceptors (Lipinski definition) is 4. The van der Waals surface area contributed by atoms with Gasteiger partial charge in [0.15, 0.2) is 0 Å². The molecule has 0 bridgehead atoms. The second-order valence-corrected chi connectivity index (χ2v) is 16.2. The Balaban J connectivity index is 1.35. The molecule has 2 aromatic carbocycles. The molecule has 1 saturated carbocycles. The second-order valence-electron chi connectivity index (χ2n) is 10.7. The molecule has 4 heterocycles. The second kappa shape index (κ2) is 9.31. The van der Waals surface area contributed by atoms with E-state index in [0.29, 0.717) is 10.1 Å². The molecule has 2 saturated heterocycles. The quantitative estimate of drug-likeness (QED) is 0.0912. The first-order chi connectivity index (χ1) is 19.6. The summed E-state index contributed by atoms with van der Waals surface area (Å²) in [7, 11) is 0. The molecule has 3 atom stereocenters. The van der Waals surface area contributed by atoms with Gasteiger partial charge in [-0.3, -0.25) is 0 Å². The van der Waals surface area contributed by atoms with Crippen LogP contribution in [0.4, 0.5) is 29.1 Å². The zero-order valence-electron chi connectivity index (χ0n) is 21.5. The maximum absolute atomic E-state index is 14.6. The van der Waals surface area contributed by atoms with Gasteiger partial charge in [-0.05, 0) is 0 Å². The van der Waals surface area contributed by atoms with E-state index in [4.69, 9.17) is 0 Å².